The lowest BCUT2D eigenvalue weighted by Crippen LogP contribution is -2.35. The summed E-state index contributed by atoms with van der Waals surface area (Å²) in [6.45, 7) is 1.73. The molecule has 130 valence electrons. The van der Waals surface area contributed by atoms with Gasteiger partial charge in [0.15, 0.2) is 0 Å². The van der Waals surface area contributed by atoms with Gasteiger partial charge < -0.3 is 0 Å². The number of benzene rings is 1. The van der Waals surface area contributed by atoms with Crippen molar-refractivity contribution in [1.82, 2.24) is 0 Å². The Morgan fingerprint density at radius 3 is 2.42 bits per heavy atom. The van der Waals surface area contributed by atoms with E-state index in [1.165, 1.54) is 28.6 Å². The van der Waals surface area contributed by atoms with Crippen LogP contribution in [-0.2, 0) is 26.5 Å². The summed E-state index contributed by atoms with van der Waals surface area (Å²) in [5, 5.41) is 5.13. The molecule has 0 fully saturated rings. The van der Waals surface area contributed by atoms with Gasteiger partial charge >= 0.3 is 0 Å². The quantitative estimate of drug-likeness (QED) is 0.815. The number of rotatable bonds is 3. The molecule has 1 unspecified atom stereocenters. The summed E-state index contributed by atoms with van der Waals surface area (Å²) in [5.74, 6) is 0. The molecular weight excluding hydrogens is 415 g/mol. The van der Waals surface area contributed by atoms with Gasteiger partial charge in [-0.05, 0) is 43.2 Å². The van der Waals surface area contributed by atoms with Crippen molar-refractivity contribution in [3.8, 4) is 0 Å². The number of halogens is 2. The largest absolute Gasteiger partial charge is 0.266 e. The fourth-order valence-corrected chi connectivity index (χ4v) is 7.10. The van der Waals surface area contributed by atoms with Crippen LogP contribution in [0.25, 0.3) is 0 Å². The molecule has 24 heavy (non-hydrogen) atoms. The number of fused-ring (bicyclic) bond motifs is 1. The zero-order chi connectivity index (χ0) is 17.9. The van der Waals surface area contributed by atoms with E-state index in [2.05, 4.69) is 0 Å². The number of sulfonamides is 2. The van der Waals surface area contributed by atoms with Crippen LogP contribution >= 0.6 is 34.5 Å². The van der Waals surface area contributed by atoms with E-state index in [1.54, 1.807) is 6.92 Å². The third-order valence-corrected chi connectivity index (χ3v) is 8.29. The van der Waals surface area contributed by atoms with Crippen LogP contribution in [0.4, 0.5) is 5.69 Å². The summed E-state index contributed by atoms with van der Waals surface area (Å²) in [6.07, 6.45) is 0.368. The van der Waals surface area contributed by atoms with Gasteiger partial charge in [0.1, 0.15) is 9.23 Å². The van der Waals surface area contributed by atoms with Gasteiger partial charge in [-0.15, -0.1) is 11.3 Å². The number of nitrogens with two attached hydrogens (primary N) is 1. The molecule has 6 nitrogen and oxygen atoms in total. The molecule has 3 rings (SSSR count). The van der Waals surface area contributed by atoms with E-state index in [0.29, 0.717) is 17.7 Å². The Morgan fingerprint density at radius 1 is 1.21 bits per heavy atom. The maximum atomic E-state index is 13.0. The Balaban J connectivity index is 2.14. The highest BCUT2D eigenvalue weighted by atomic mass is 35.5. The Kier molecular flexibility index (Phi) is 4.38. The minimum Gasteiger partial charge on any atom is -0.263 e. The second-order valence-electron chi connectivity index (χ2n) is 5.38. The summed E-state index contributed by atoms with van der Waals surface area (Å²) in [4.78, 5) is -0.112. The molecule has 0 saturated carbocycles. The fraction of sp³-hybridized carbons (Fsp3) is 0.231. The molecule has 1 aliphatic heterocycles. The molecule has 2 heterocycles. The van der Waals surface area contributed by atoms with E-state index in [0.717, 1.165) is 11.3 Å². The van der Waals surface area contributed by atoms with E-state index in [4.69, 9.17) is 28.3 Å². The molecule has 2 aromatic rings. The maximum Gasteiger partial charge on any atom is 0.266 e. The molecule has 1 aromatic carbocycles. The normalized spacial score (nSPS) is 18.0. The zero-order valence-corrected chi connectivity index (χ0v) is 16.2. The smallest absolute Gasteiger partial charge is 0.263 e. The monoisotopic (exact) mass is 426 g/mol. The zero-order valence-electron chi connectivity index (χ0n) is 12.2. The number of hydrogen-bond acceptors (Lipinski definition) is 5. The highest BCUT2D eigenvalue weighted by Crippen LogP contribution is 2.42. The number of primary sulfonamides is 1. The Morgan fingerprint density at radius 2 is 1.88 bits per heavy atom. The second-order valence-corrected chi connectivity index (χ2v) is 11.0. The highest BCUT2D eigenvalue weighted by Gasteiger charge is 2.38. The van der Waals surface area contributed by atoms with Crippen LogP contribution in [0, 0.1) is 0 Å². The van der Waals surface area contributed by atoms with Crippen molar-refractivity contribution in [3.05, 3.63) is 38.5 Å². The topological polar surface area (TPSA) is 97.5 Å². The van der Waals surface area contributed by atoms with Gasteiger partial charge in [0, 0.05) is 6.04 Å². The first-order valence-electron chi connectivity index (χ1n) is 6.67. The first-order valence-corrected chi connectivity index (χ1v) is 11.2. The van der Waals surface area contributed by atoms with Crippen LogP contribution in [0.15, 0.2) is 34.1 Å². The van der Waals surface area contributed by atoms with Gasteiger partial charge in [0.25, 0.3) is 10.0 Å². The Hall–Kier alpha value is -0.840. The SMILES string of the molecule is CC1Cc2cc(S(N)(=O)=O)ccc2N1S(=O)(=O)c1cc(Cl)sc1Cl. The third-order valence-electron chi connectivity index (χ3n) is 3.69. The molecule has 11 heteroatoms. The summed E-state index contributed by atoms with van der Waals surface area (Å²) >= 11 is 12.8. The predicted molar refractivity (Wildman–Crippen MR) is 95.0 cm³/mol. The van der Waals surface area contributed by atoms with Gasteiger partial charge in [-0.2, -0.15) is 0 Å². The average molecular weight is 427 g/mol. The van der Waals surface area contributed by atoms with Crippen molar-refractivity contribution in [1.29, 1.82) is 0 Å². The van der Waals surface area contributed by atoms with Crippen molar-refractivity contribution < 1.29 is 16.8 Å². The van der Waals surface area contributed by atoms with Crippen molar-refractivity contribution in [2.24, 2.45) is 5.14 Å². The molecule has 0 amide bonds. The van der Waals surface area contributed by atoms with Gasteiger partial charge in [-0.3, -0.25) is 4.31 Å². The molecule has 0 bridgehead atoms. The van der Waals surface area contributed by atoms with Crippen LogP contribution in [0.5, 0.6) is 0 Å². The number of anilines is 1. The van der Waals surface area contributed by atoms with Gasteiger partial charge in [0.2, 0.25) is 10.0 Å². The van der Waals surface area contributed by atoms with Crippen LogP contribution in [0.3, 0.4) is 0 Å². The molecule has 1 atom stereocenters. The molecule has 0 spiro atoms. The predicted octanol–water partition coefficient (Wildman–Crippen LogP) is 2.84. The fourth-order valence-electron chi connectivity index (χ4n) is 2.73. The minimum absolute atomic E-state index is 0.0516. The Bertz CT molecular complexity index is 1030. The lowest BCUT2D eigenvalue weighted by molar-refractivity contribution is 0.584. The van der Waals surface area contributed by atoms with Gasteiger partial charge in [-0.1, -0.05) is 23.2 Å². The highest BCUT2D eigenvalue weighted by molar-refractivity contribution is 7.93. The molecule has 0 aliphatic carbocycles. The summed E-state index contributed by atoms with van der Waals surface area (Å²) in [7, 11) is -7.77. The van der Waals surface area contributed by atoms with Crippen molar-refractivity contribution >= 4 is 60.3 Å². The molecule has 1 aliphatic rings. The minimum atomic E-state index is -3.91. The van der Waals surface area contributed by atoms with E-state index < -0.39 is 26.1 Å². The molecule has 2 N–H and O–H groups in total. The van der Waals surface area contributed by atoms with E-state index >= 15 is 0 Å². The van der Waals surface area contributed by atoms with Crippen LogP contribution in [0.2, 0.25) is 8.67 Å². The molecule has 0 radical (unpaired) electrons. The van der Waals surface area contributed by atoms with Crippen LogP contribution in [-0.4, -0.2) is 22.9 Å². The summed E-state index contributed by atoms with van der Waals surface area (Å²) < 4.78 is 50.5. The Labute approximate surface area is 153 Å². The average Bonchev–Trinajstić information content (AvgIpc) is 2.95. The van der Waals surface area contributed by atoms with E-state index in [1.807, 2.05) is 0 Å². The lowest BCUT2D eigenvalue weighted by Gasteiger charge is -2.24. The van der Waals surface area contributed by atoms with E-state index in [-0.39, 0.29) is 18.5 Å². The summed E-state index contributed by atoms with van der Waals surface area (Å²) in [5.41, 5.74) is 1.00. The third kappa shape index (κ3) is 2.93. The van der Waals surface area contributed by atoms with Crippen LogP contribution < -0.4 is 9.44 Å². The van der Waals surface area contributed by atoms with E-state index in [9.17, 15) is 16.8 Å². The summed E-state index contributed by atoms with van der Waals surface area (Å²) in [6, 6.07) is 5.05. The number of nitrogens with zero attached hydrogens (tertiary/aromatic N) is 1. The molecular formula is C13H12Cl2N2O4S3. The van der Waals surface area contributed by atoms with Gasteiger partial charge in [0.05, 0.1) is 14.9 Å². The van der Waals surface area contributed by atoms with Crippen LogP contribution in [0.1, 0.15) is 12.5 Å². The first kappa shape index (κ1) is 18.0. The second kappa shape index (κ2) is 5.86. The standard InChI is InChI=1S/C13H12Cl2N2O4S3/c1-7-4-8-5-9(23(16,18)19)2-3-10(8)17(7)24(20,21)11-6-12(14)22-13(11)15/h2-3,5-7H,4H2,1H3,(H2,16,18,19). The van der Waals surface area contributed by atoms with Gasteiger partial charge in [-0.25, -0.2) is 22.0 Å². The number of thiophene rings is 1. The van der Waals surface area contributed by atoms with Crippen molar-refractivity contribution in [3.63, 3.8) is 0 Å². The molecule has 1 aromatic heterocycles. The number of hydrogen-bond donors (Lipinski definition) is 1. The molecule has 0 saturated heterocycles. The van der Waals surface area contributed by atoms with Crippen molar-refractivity contribution in [2.45, 2.75) is 29.2 Å². The van der Waals surface area contributed by atoms with Crippen molar-refractivity contribution in [2.75, 3.05) is 4.31 Å². The first-order chi connectivity index (χ1) is 11.0. The lowest BCUT2D eigenvalue weighted by atomic mass is 10.1. The maximum absolute atomic E-state index is 13.0.